The van der Waals surface area contributed by atoms with Gasteiger partial charge < -0.3 is 14.0 Å². The number of fused-ring (bicyclic) bond motifs is 4. The Hall–Kier alpha value is -4.68. The van der Waals surface area contributed by atoms with Crippen LogP contribution in [0.3, 0.4) is 0 Å². The predicted octanol–water partition coefficient (Wildman–Crippen LogP) is 10.4. The van der Waals surface area contributed by atoms with Crippen molar-refractivity contribution >= 4 is 46.2 Å². The van der Waals surface area contributed by atoms with Gasteiger partial charge in [0.25, 0.3) is 0 Å². The summed E-state index contributed by atoms with van der Waals surface area (Å²) in [4.78, 5) is 14.0. The monoisotopic (exact) mass is 849 g/mol. The molecule has 0 unspecified atom stereocenters. The molecular formula is C43H40IrN4OSi-2. The van der Waals surface area contributed by atoms with Gasteiger partial charge in [-0.05, 0) is 60.5 Å². The van der Waals surface area contributed by atoms with Crippen LogP contribution < -0.4 is 5.19 Å². The zero-order chi connectivity index (χ0) is 34.1. The molecule has 0 aliphatic rings. The van der Waals surface area contributed by atoms with Crippen LogP contribution in [0.4, 0.5) is 0 Å². The van der Waals surface area contributed by atoms with Crippen molar-refractivity contribution in [2.24, 2.45) is 5.92 Å². The number of hydrogen-bond donors (Lipinski definition) is 0. The average molecular weight is 849 g/mol. The van der Waals surface area contributed by atoms with E-state index in [0.717, 1.165) is 73.4 Å². The maximum atomic E-state index is 6.19. The first-order valence-corrected chi connectivity index (χ1v) is 20.4. The van der Waals surface area contributed by atoms with Crippen LogP contribution in [-0.2, 0) is 26.5 Å². The molecule has 0 fully saturated rings. The van der Waals surface area contributed by atoms with Gasteiger partial charge in [-0.2, -0.15) is 0 Å². The van der Waals surface area contributed by atoms with Gasteiger partial charge in [0.1, 0.15) is 5.58 Å². The fourth-order valence-corrected chi connectivity index (χ4v) is 8.03. The molecule has 4 aromatic carbocycles. The van der Waals surface area contributed by atoms with Crippen LogP contribution in [-0.4, -0.2) is 27.6 Å². The van der Waals surface area contributed by atoms with Crippen LogP contribution in [0.15, 0.2) is 120 Å². The second-order valence-corrected chi connectivity index (χ2v) is 19.0. The first kappa shape index (κ1) is 35.2. The smallest absolute Gasteiger partial charge is 0.139 e. The number of hydrogen-bond acceptors (Lipinski definition) is 4. The van der Waals surface area contributed by atoms with Gasteiger partial charge in [-0.3, -0.25) is 9.97 Å². The van der Waals surface area contributed by atoms with E-state index in [-0.39, 0.29) is 20.1 Å². The summed E-state index contributed by atoms with van der Waals surface area (Å²) < 4.78 is 8.37. The van der Waals surface area contributed by atoms with Crippen molar-refractivity contribution in [2.45, 2.75) is 46.8 Å². The molecule has 4 aromatic heterocycles. The molecule has 4 heterocycles. The standard InChI is InChI=1S/C24H27N2OSi.C19H13N2.Ir/c1-15(2)10-17-12-21(26-14-23(17)28(4,5)6)19-9-7-8-18-20-11-16(3)25-13-22(20)27-24(18)19;1-3-9-15(10-4-1)19-20-17-13-7-8-14-18(17)21(19)16-11-5-2-6-12-16;/h7-8,11-15H,10H2,1-6H3;1-9,11-14H;/q2*-1;. The van der Waals surface area contributed by atoms with Gasteiger partial charge in [0, 0.05) is 43.1 Å². The number of pyridine rings is 2. The largest absolute Gasteiger partial charge is 0.499 e. The van der Waals surface area contributed by atoms with Crippen LogP contribution >= 0.6 is 0 Å². The Labute approximate surface area is 308 Å². The van der Waals surface area contributed by atoms with Gasteiger partial charge >= 0.3 is 0 Å². The zero-order valence-corrected chi connectivity index (χ0v) is 32.7. The number of benzene rings is 4. The molecule has 0 atom stereocenters. The van der Waals surface area contributed by atoms with E-state index in [1.165, 1.54) is 10.8 Å². The van der Waals surface area contributed by atoms with Crippen molar-refractivity contribution in [3.05, 3.63) is 139 Å². The Balaban J connectivity index is 0.000000176. The molecule has 0 saturated carbocycles. The summed E-state index contributed by atoms with van der Waals surface area (Å²) in [5.41, 5.74) is 10.1. The third-order valence-electron chi connectivity index (χ3n) is 8.66. The Bertz CT molecular complexity index is 2390. The minimum absolute atomic E-state index is 0. The van der Waals surface area contributed by atoms with Crippen LogP contribution in [0.5, 0.6) is 0 Å². The first-order chi connectivity index (χ1) is 23.7. The van der Waals surface area contributed by atoms with Crippen molar-refractivity contribution in [1.29, 1.82) is 0 Å². The molecular weight excluding hydrogens is 809 g/mol. The predicted molar refractivity (Wildman–Crippen MR) is 205 cm³/mol. The van der Waals surface area contributed by atoms with Crippen molar-refractivity contribution in [1.82, 2.24) is 19.5 Å². The molecule has 0 spiro atoms. The Morgan fingerprint density at radius 2 is 1.56 bits per heavy atom. The summed E-state index contributed by atoms with van der Waals surface area (Å²) in [6, 6.07) is 41.5. The van der Waals surface area contributed by atoms with E-state index in [9.17, 15) is 0 Å². The molecule has 7 heteroatoms. The minimum atomic E-state index is -1.46. The molecule has 0 N–H and O–H groups in total. The molecule has 50 heavy (non-hydrogen) atoms. The summed E-state index contributed by atoms with van der Waals surface area (Å²) in [6.07, 6.45) is 4.97. The summed E-state index contributed by atoms with van der Waals surface area (Å²) in [7, 11) is -1.46. The van der Waals surface area contributed by atoms with E-state index < -0.39 is 8.07 Å². The fraction of sp³-hybridized carbons (Fsp3) is 0.186. The van der Waals surface area contributed by atoms with Crippen molar-refractivity contribution in [3.8, 4) is 28.3 Å². The third-order valence-corrected chi connectivity index (χ3v) is 10.7. The molecule has 0 aliphatic carbocycles. The van der Waals surface area contributed by atoms with Gasteiger partial charge in [0.15, 0.2) is 0 Å². The normalized spacial score (nSPS) is 11.5. The fourth-order valence-electron chi connectivity index (χ4n) is 6.44. The van der Waals surface area contributed by atoms with Crippen LogP contribution in [0.1, 0.15) is 25.1 Å². The van der Waals surface area contributed by atoms with Crippen molar-refractivity contribution in [2.75, 3.05) is 0 Å². The van der Waals surface area contributed by atoms with E-state index in [1.807, 2.05) is 73.7 Å². The molecule has 0 saturated heterocycles. The number of furan rings is 1. The first-order valence-electron chi connectivity index (χ1n) is 16.9. The Morgan fingerprint density at radius 3 is 2.30 bits per heavy atom. The van der Waals surface area contributed by atoms with Crippen LogP contribution in [0.25, 0.3) is 61.3 Å². The van der Waals surface area contributed by atoms with Gasteiger partial charge in [0.2, 0.25) is 0 Å². The van der Waals surface area contributed by atoms with E-state index in [4.69, 9.17) is 14.4 Å². The van der Waals surface area contributed by atoms with E-state index >= 15 is 0 Å². The summed E-state index contributed by atoms with van der Waals surface area (Å²) >= 11 is 0. The molecule has 8 aromatic rings. The summed E-state index contributed by atoms with van der Waals surface area (Å²) in [5.74, 6) is 1.52. The molecule has 0 bridgehead atoms. The maximum Gasteiger partial charge on any atom is 0.139 e. The molecule has 8 rings (SSSR count). The minimum Gasteiger partial charge on any atom is -0.499 e. The number of aryl methyl sites for hydroxylation is 1. The number of aromatic nitrogens is 4. The van der Waals surface area contributed by atoms with Crippen LogP contribution in [0, 0.1) is 25.0 Å². The molecule has 0 aliphatic heterocycles. The van der Waals surface area contributed by atoms with Gasteiger partial charge in [0.05, 0.1) is 36.7 Å². The van der Waals surface area contributed by atoms with Crippen LogP contribution in [0.2, 0.25) is 19.6 Å². The Kier molecular flexibility index (Phi) is 10.3. The Morgan fingerprint density at radius 1 is 0.800 bits per heavy atom. The second kappa shape index (κ2) is 14.7. The zero-order valence-electron chi connectivity index (χ0n) is 29.3. The van der Waals surface area contributed by atoms with Crippen molar-refractivity contribution < 1.29 is 24.5 Å². The number of para-hydroxylation sites is 3. The van der Waals surface area contributed by atoms with Gasteiger partial charge in [-0.15, -0.1) is 54.1 Å². The molecule has 5 nitrogen and oxygen atoms in total. The molecule has 253 valence electrons. The SMILES string of the molecule is Cc1cc2c(cn1)oc1c(-c3cc(CC(C)C)c([Si](C)(C)C)cn3)[c-]ccc12.[Ir].[c-]1ccccc1-c1nc2ccccc2n1-c1ccccc1. The molecule has 0 amide bonds. The van der Waals surface area contributed by atoms with E-state index in [0.29, 0.717) is 5.92 Å². The quantitative estimate of drug-likeness (QED) is 0.124. The topological polar surface area (TPSA) is 56.7 Å². The maximum absolute atomic E-state index is 6.19. The average Bonchev–Trinajstić information content (AvgIpc) is 3.67. The second-order valence-electron chi connectivity index (χ2n) is 14.0. The van der Waals surface area contributed by atoms with E-state index in [1.54, 1.807) is 6.20 Å². The number of rotatable bonds is 6. The summed E-state index contributed by atoms with van der Waals surface area (Å²) in [6.45, 7) is 13.7. The van der Waals surface area contributed by atoms with Gasteiger partial charge in [-0.25, -0.2) is 0 Å². The summed E-state index contributed by atoms with van der Waals surface area (Å²) in [5, 5.41) is 3.64. The molecule has 1 radical (unpaired) electrons. The number of nitrogens with zero attached hydrogens (tertiary/aromatic N) is 4. The van der Waals surface area contributed by atoms with Gasteiger partial charge in [-0.1, -0.05) is 86.4 Å². The van der Waals surface area contributed by atoms with Crippen molar-refractivity contribution in [3.63, 3.8) is 0 Å². The number of imidazole rings is 1. The van der Waals surface area contributed by atoms with E-state index in [2.05, 4.69) is 97.8 Å². The third kappa shape index (κ3) is 7.13.